The molecule has 3 aromatic rings. The van der Waals surface area contributed by atoms with E-state index >= 15 is 0 Å². The molecule has 1 aromatic carbocycles. The first kappa shape index (κ1) is 15.2. The second-order valence-electron chi connectivity index (χ2n) is 6.13. The Bertz CT molecular complexity index is 793. The molecule has 0 radical (unpaired) electrons. The van der Waals surface area contributed by atoms with Crippen molar-refractivity contribution in [3.8, 4) is 11.1 Å². The van der Waals surface area contributed by atoms with E-state index in [1.54, 1.807) is 12.5 Å². The molecular weight excluding hydrogens is 306 g/mol. The number of H-pyrrole nitrogens is 1. The highest BCUT2D eigenvalue weighted by Crippen LogP contribution is 2.34. The van der Waals surface area contributed by atoms with E-state index in [1.165, 1.54) is 5.69 Å². The Morgan fingerprint density at radius 2 is 2.17 bits per heavy atom. The molecule has 7 heteroatoms. The molecule has 0 bridgehead atoms. The molecule has 3 heterocycles. The molecular formula is C17H21N5O2. The second-order valence-corrected chi connectivity index (χ2v) is 6.13. The predicted molar refractivity (Wildman–Crippen MR) is 91.8 cm³/mol. The fourth-order valence-corrected chi connectivity index (χ4v) is 3.04. The molecule has 1 aliphatic rings. The van der Waals surface area contributed by atoms with Crippen LogP contribution < -0.4 is 10.6 Å². The van der Waals surface area contributed by atoms with E-state index in [1.807, 2.05) is 6.20 Å². The van der Waals surface area contributed by atoms with Crippen LogP contribution in [0.1, 0.15) is 12.8 Å². The number of rotatable bonds is 7. The fourth-order valence-electron chi connectivity index (χ4n) is 3.04. The number of fused-ring (bicyclic) bond motifs is 1. The molecule has 7 nitrogen and oxygen atoms in total. The molecule has 2 aromatic heterocycles. The number of hydrogen-bond acceptors (Lipinski definition) is 6. The Morgan fingerprint density at radius 1 is 1.25 bits per heavy atom. The van der Waals surface area contributed by atoms with E-state index in [0.717, 1.165) is 61.1 Å². The van der Waals surface area contributed by atoms with Gasteiger partial charge in [-0.2, -0.15) is 5.10 Å². The van der Waals surface area contributed by atoms with Crippen molar-refractivity contribution in [1.82, 2.24) is 15.4 Å². The number of ether oxygens (including phenoxy) is 1. The van der Waals surface area contributed by atoms with Crippen LogP contribution in [0.3, 0.4) is 0 Å². The minimum atomic E-state index is 0.295. The third kappa shape index (κ3) is 2.88. The van der Waals surface area contributed by atoms with Crippen molar-refractivity contribution in [3.05, 3.63) is 30.8 Å². The fraction of sp³-hybridized carbons (Fsp3) is 0.412. The first-order valence-electron chi connectivity index (χ1n) is 8.28. The van der Waals surface area contributed by atoms with E-state index in [-0.39, 0.29) is 0 Å². The van der Waals surface area contributed by atoms with Gasteiger partial charge < -0.3 is 19.9 Å². The maximum absolute atomic E-state index is 5.88. The number of benzene rings is 1. The Balaban J connectivity index is 1.49. The number of aromatic amines is 1. The average Bonchev–Trinajstić information content (AvgIpc) is 3.23. The highest BCUT2D eigenvalue weighted by molar-refractivity contribution is 5.96. The molecule has 1 aliphatic heterocycles. The third-order valence-electron chi connectivity index (χ3n) is 4.44. The van der Waals surface area contributed by atoms with Crippen LogP contribution in [0.2, 0.25) is 0 Å². The number of nitrogens with one attached hydrogen (secondary N) is 1. The summed E-state index contributed by atoms with van der Waals surface area (Å²) >= 11 is 0. The van der Waals surface area contributed by atoms with Gasteiger partial charge in [0.2, 0.25) is 0 Å². The van der Waals surface area contributed by atoms with Gasteiger partial charge in [0.1, 0.15) is 6.26 Å². The maximum Gasteiger partial charge on any atom is 0.131 e. The van der Waals surface area contributed by atoms with Crippen LogP contribution in [0.5, 0.6) is 0 Å². The van der Waals surface area contributed by atoms with Crippen molar-refractivity contribution < 1.29 is 9.26 Å². The molecule has 3 N–H and O–H groups in total. The molecule has 0 spiro atoms. The van der Waals surface area contributed by atoms with E-state index in [4.69, 9.17) is 15.0 Å². The lowest BCUT2D eigenvalue weighted by Gasteiger charge is -2.41. The smallest absolute Gasteiger partial charge is 0.131 e. The summed E-state index contributed by atoms with van der Waals surface area (Å²) in [7, 11) is 0. The Labute approximate surface area is 139 Å². The minimum Gasteiger partial charge on any atom is -0.375 e. The minimum absolute atomic E-state index is 0.295. The Hall–Kier alpha value is -2.38. The van der Waals surface area contributed by atoms with E-state index in [9.17, 15) is 0 Å². The molecule has 1 saturated heterocycles. The van der Waals surface area contributed by atoms with Crippen LogP contribution in [-0.4, -0.2) is 47.7 Å². The first-order valence-corrected chi connectivity index (χ1v) is 8.28. The lowest BCUT2D eigenvalue weighted by atomic mass is 10.0. The van der Waals surface area contributed by atoms with Crippen molar-refractivity contribution in [2.45, 2.75) is 18.9 Å². The van der Waals surface area contributed by atoms with Crippen LogP contribution in [0.4, 0.5) is 5.69 Å². The zero-order valence-corrected chi connectivity index (χ0v) is 13.4. The summed E-state index contributed by atoms with van der Waals surface area (Å²) in [4.78, 5) is 2.32. The monoisotopic (exact) mass is 327 g/mol. The number of hydrogen-bond donors (Lipinski definition) is 2. The highest BCUT2D eigenvalue weighted by Gasteiger charge is 2.29. The van der Waals surface area contributed by atoms with E-state index in [2.05, 4.69) is 32.4 Å². The molecule has 126 valence electrons. The normalized spacial score (nSPS) is 15.1. The molecule has 0 saturated carbocycles. The first-order chi connectivity index (χ1) is 11.8. The quantitative estimate of drug-likeness (QED) is 0.646. The lowest BCUT2D eigenvalue weighted by molar-refractivity contribution is 0.0326. The van der Waals surface area contributed by atoms with Crippen LogP contribution in [0, 0.1) is 0 Å². The molecule has 0 aliphatic carbocycles. The zero-order chi connectivity index (χ0) is 16.4. The average molecular weight is 327 g/mol. The summed E-state index contributed by atoms with van der Waals surface area (Å²) in [5.74, 6) is 0. The summed E-state index contributed by atoms with van der Waals surface area (Å²) in [6.45, 7) is 3.32. The largest absolute Gasteiger partial charge is 0.375 e. The number of anilines is 1. The van der Waals surface area contributed by atoms with Gasteiger partial charge >= 0.3 is 0 Å². The number of nitrogens with zero attached hydrogens (tertiary/aromatic N) is 3. The van der Waals surface area contributed by atoms with Crippen molar-refractivity contribution in [1.29, 1.82) is 0 Å². The van der Waals surface area contributed by atoms with E-state index in [0.29, 0.717) is 6.10 Å². The van der Waals surface area contributed by atoms with Crippen LogP contribution >= 0.6 is 0 Å². The Kier molecular flexibility index (Phi) is 4.18. The topological polar surface area (TPSA) is 93.2 Å². The van der Waals surface area contributed by atoms with Gasteiger partial charge in [-0.25, -0.2) is 0 Å². The molecule has 24 heavy (non-hydrogen) atoms. The lowest BCUT2D eigenvalue weighted by Crippen LogP contribution is -2.52. The number of nitrogens with two attached hydrogens (primary N) is 1. The van der Waals surface area contributed by atoms with Gasteiger partial charge in [-0.05, 0) is 37.1 Å². The summed E-state index contributed by atoms with van der Waals surface area (Å²) < 4.78 is 10.8. The van der Waals surface area contributed by atoms with Gasteiger partial charge in [0.05, 0.1) is 24.0 Å². The van der Waals surface area contributed by atoms with Crippen LogP contribution in [0.15, 0.2) is 35.3 Å². The van der Waals surface area contributed by atoms with Crippen molar-refractivity contribution in [3.63, 3.8) is 0 Å². The van der Waals surface area contributed by atoms with Gasteiger partial charge in [-0.15, -0.1) is 0 Å². The summed E-state index contributed by atoms with van der Waals surface area (Å²) in [5, 5.41) is 12.1. The van der Waals surface area contributed by atoms with Crippen molar-refractivity contribution in [2.24, 2.45) is 5.73 Å². The SMILES string of the molecule is NCCCCOC1CN(c2cc(-c3cnoc3)cc3[nH]ncc23)C1. The molecule has 1 fully saturated rings. The zero-order valence-electron chi connectivity index (χ0n) is 13.4. The highest BCUT2D eigenvalue weighted by atomic mass is 16.5. The second kappa shape index (κ2) is 6.62. The third-order valence-corrected chi connectivity index (χ3v) is 4.44. The standard InChI is InChI=1S/C17H21N5O2/c18-3-1-2-4-23-14-9-22(10-14)17-6-12(13-7-20-24-11-13)5-16-15(17)8-19-21-16/h5-8,11,14H,1-4,9-10,18H2,(H,19,21). The van der Waals surface area contributed by atoms with Gasteiger partial charge in [0.25, 0.3) is 0 Å². The van der Waals surface area contributed by atoms with Gasteiger partial charge in [-0.1, -0.05) is 5.16 Å². The number of aromatic nitrogens is 3. The molecule has 0 unspecified atom stereocenters. The maximum atomic E-state index is 5.88. The molecule has 0 amide bonds. The predicted octanol–water partition coefficient (Wildman–Crippen LogP) is 2.16. The summed E-state index contributed by atoms with van der Waals surface area (Å²) in [5.41, 5.74) is 9.71. The molecule has 0 atom stereocenters. The number of unbranched alkanes of at least 4 members (excludes halogenated alkanes) is 1. The van der Waals surface area contributed by atoms with Crippen molar-refractivity contribution >= 4 is 16.6 Å². The van der Waals surface area contributed by atoms with Gasteiger partial charge in [-0.3, -0.25) is 5.10 Å². The van der Waals surface area contributed by atoms with Gasteiger partial charge in [0, 0.05) is 36.3 Å². The summed E-state index contributed by atoms with van der Waals surface area (Å²) in [6, 6.07) is 4.23. The molecule has 4 rings (SSSR count). The van der Waals surface area contributed by atoms with Crippen molar-refractivity contribution in [2.75, 3.05) is 31.1 Å². The van der Waals surface area contributed by atoms with Gasteiger partial charge in [0.15, 0.2) is 0 Å². The summed E-state index contributed by atoms with van der Waals surface area (Å²) in [6.07, 6.45) is 7.59. The van der Waals surface area contributed by atoms with Crippen LogP contribution in [-0.2, 0) is 4.74 Å². The van der Waals surface area contributed by atoms with Crippen LogP contribution in [0.25, 0.3) is 22.0 Å². The van der Waals surface area contributed by atoms with E-state index < -0.39 is 0 Å². The Morgan fingerprint density at radius 3 is 2.96 bits per heavy atom.